The summed E-state index contributed by atoms with van der Waals surface area (Å²) in [4.78, 5) is 12.9. The third kappa shape index (κ3) is 4.03. The molecule has 1 aliphatic carbocycles. The van der Waals surface area contributed by atoms with Crippen LogP contribution in [0.15, 0.2) is 42.5 Å². The van der Waals surface area contributed by atoms with Crippen molar-refractivity contribution in [1.82, 2.24) is 5.32 Å². The zero-order valence-electron chi connectivity index (χ0n) is 19.4. The zero-order valence-corrected chi connectivity index (χ0v) is 20.9. The quantitative estimate of drug-likeness (QED) is 0.511. The Kier molecular flexibility index (Phi) is 6.53. The number of ether oxygens (including phenoxy) is 1. The van der Waals surface area contributed by atoms with Crippen molar-refractivity contribution in [3.63, 3.8) is 0 Å². The van der Waals surface area contributed by atoms with Gasteiger partial charge in [0.2, 0.25) is 5.91 Å². The highest BCUT2D eigenvalue weighted by atomic mass is 35.5. The number of nitrogens with one attached hydrogen (secondary N) is 1. The molecule has 172 valence electrons. The fourth-order valence-corrected chi connectivity index (χ4v) is 6.60. The Balaban J connectivity index is 1.79. The number of halogens is 2. The van der Waals surface area contributed by atoms with E-state index in [1.807, 2.05) is 31.2 Å². The first-order valence-corrected chi connectivity index (χ1v) is 12.4. The fourth-order valence-electron chi connectivity index (χ4n) is 6.17. The minimum atomic E-state index is -0.337. The second kappa shape index (κ2) is 8.91. The molecule has 2 fully saturated rings. The van der Waals surface area contributed by atoms with Gasteiger partial charge in [-0.1, -0.05) is 55.2 Å². The summed E-state index contributed by atoms with van der Waals surface area (Å²) in [5, 5.41) is 4.69. The fraction of sp³-hybridized carbons (Fsp3) is 0.519. The summed E-state index contributed by atoms with van der Waals surface area (Å²) >= 11 is 13.1. The molecular formula is C27H33Cl2NO2. The Morgan fingerprint density at radius 1 is 1.03 bits per heavy atom. The van der Waals surface area contributed by atoms with E-state index >= 15 is 0 Å². The predicted molar refractivity (Wildman–Crippen MR) is 132 cm³/mol. The van der Waals surface area contributed by atoms with Crippen molar-refractivity contribution in [3.8, 4) is 5.75 Å². The Labute approximate surface area is 201 Å². The van der Waals surface area contributed by atoms with Crippen molar-refractivity contribution in [2.75, 3.05) is 6.61 Å². The van der Waals surface area contributed by atoms with Crippen LogP contribution in [-0.4, -0.2) is 18.6 Å². The lowest BCUT2D eigenvalue weighted by atomic mass is 9.58. The SMILES string of the molecule is CCOc1ccc([C@@H]2CC[C@@]3(C)C(=O)N[C@H](C)[C@@H]3CC[C@@]2(C)c2ccc(Cl)cc2)c(Cl)c1. The average Bonchev–Trinajstić information content (AvgIpc) is 2.95. The van der Waals surface area contributed by atoms with Crippen LogP contribution in [-0.2, 0) is 10.2 Å². The van der Waals surface area contributed by atoms with Crippen LogP contribution in [0, 0.1) is 11.3 Å². The minimum absolute atomic E-state index is 0.131. The summed E-state index contributed by atoms with van der Waals surface area (Å²) in [7, 11) is 0. The number of hydrogen-bond donors (Lipinski definition) is 1. The lowest BCUT2D eigenvalue weighted by Crippen LogP contribution is -2.40. The number of amides is 1. The Morgan fingerprint density at radius 3 is 2.38 bits per heavy atom. The van der Waals surface area contributed by atoms with Crippen LogP contribution in [0.25, 0.3) is 0 Å². The van der Waals surface area contributed by atoms with Crippen LogP contribution in [0.5, 0.6) is 5.75 Å². The number of rotatable bonds is 4. The van der Waals surface area contributed by atoms with Crippen molar-refractivity contribution in [3.05, 3.63) is 63.6 Å². The molecule has 4 rings (SSSR count). The summed E-state index contributed by atoms with van der Waals surface area (Å²) < 4.78 is 5.67. The highest BCUT2D eigenvalue weighted by molar-refractivity contribution is 6.31. The molecule has 32 heavy (non-hydrogen) atoms. The third-order valence-corrected chi connectivity index (χ3v) is 8.74. The molecule has 1 N–H and O–H groups in total. The molecule has 3 nitrogen and oxygen atoms in total. The van der Waals surface area contributed by atoms with Crippen molar-refractivity contribution in [2.24, 2.45) is 11.3 Å². The summed E-state index contributed by atoms with van der Waals surface area (Å²) in [6, 6.07) is 14.5. The second-order valence-electron chi connectivity index (χ2n) is 9.96. The molecule has 5 atom stereocenters. The summed E-state index contributed by atoms with van der Waals surface area (Å²) in [6.45, 7) is 9.23. The van der Waals surface area contributed by atoms with E-state index < -0.39 is 0 Å². The van der Waals surface area contributed by atoms with Crippen molar-refractivity contribution >= 4 is 29.1 Å². The monoisotopic (exact) mass is 473 g/mol. The molecule has 1 saturated heterocycles. The Morgan fingerprint density at radius 2 is 1.72 bits per heavy atom. The van der Waals surface area contributed by atoms with Crippen LogP contribution in [0.1, 0.15) is 70.4 Å². The molecule has 0 spiro atoms. The van der Waals surface area contributed by atoms with E-state index in [-0.39, 0.29) is 28.7 Å². The van der Waals surface area contributed by atoms with Gasteiger partial charge in [0.25, 0.3) is 0 Å². The lowest BCUT2D eigenvalue weighted by Gasteiger charge is -2.45. The predicted octanol–water partition coefficient (Wildman–Crippen LogP) is 7.15. The molecule has 1 amide bonds. The van der Waals surface area contributed by atoms with Gasteiger partial charge in [0.05, 0.1) is 12.0 Å². The summed E-state index contributed by atoms with van der Waals surface area (Å²) in [5.74, 6) is 1.49. The second-order valence-corrected chi connectivity index (χ2v) is 10.8. The van der Waals surface area contributed by atoms with Gasteiger partial charge in [0.15, 0.2) is 0 Å². The molecule has 1 heterocycles. The van der Waals surface area contributed by atoms with Crippen LogP contribution < -0.4 is 10.1 Å². The van der Waals surface area contributed by atoms with E-state index in [1.54, 1.807) is 0 Å². The van der Waals surface area contributed by atoms with Gasteiger partial charge in [0.1, 0.15) is 5.75 Å². The summed E-state index contributed by atoms with van der Waals surface area (Å²) in [5.41, 5.74) is 1.93. The van der Waals surface area contributed by atoms with Gasteiger partial charge < -0.3 is 10.1 Å². The molecule has 0 aromatic heterocycles. The van der Waals surface area contributed by atoms with E-state index in [1.165, 1.54) is 5.56 Å². The molecule has 2 aliphatic rings. The first-order valence-electron chi connectivity index (χ1n) is 11.7. The van der Waals surface area contributed by atoms with Crippen molar-refractivity contribution in [1.29, 1.82) is 0 Å². The van der Waals surface area contributed by atoms with E-state index in [4.69, 9.17) is 27.9 Å². The van der Waals surface area contributed by atoms with Crippen LogP contribution >= 0.6 is 23.2 Å². The number of carbonyl (C=O) groups excluding carboxylic acids is 1. The lowest BCUT2D eigenvalue weighted by molar-refractivity contribution is -0.129. The minimum Gasteiger partial charge on any atom is -0.494 e. The van der Waals surface area contributed by atoms with Crippen LogP contribution in [0.4, 0.5) is 0 Å². The molecular weight excluding hydrogens is 441 g/mol. The number of benzene rings is 2. The van der Waals surface area contributed by atoms with Gasteiger partial charge in [-0.05, 0) is 92.2 Å². The van der Waals surface area contributed by atoms with Gasteiger partial charge >= 0.3 is 0 Å². The number of carbonyl (C=O) groups is 1. The van der Waals surface area contributed by atoms with E-state index in [2.05, 4.69) is 44.3 Å². The van der Waals surface area contributed by atoms with Crippen LogP contribution in [0.3, 0.4) is 0 Å². The van der Waals surface area contributed by atoms with E-state index in [9.17, 15) is 4.79 Å². The highest BCUT2D eigenvalue weighted by Crippen LogP contribution is 2.55. The molecule has 2 aromatic carbocycles. The molecule has 1 saturated carbocycles. The van der Waals surface area contributed by atoms with Gasteiger partial charge in [-0.3, -0.25) is 4.79 Å². The molecule has 0 bridgehead atoms. The van der Waals surface area contributed by atoms with Gasteiger partial charge in [-0.2, -0.15) is 0 Å². The first-order chi connectivity index (χ1) is 15.2. The standard InChI is InChI=1S/C27H33Cl2NO2/c1-5-32-20-10-11-21(24(29)16-20)23-13-15-27(4)22(17(2)30-25(27)31)12-14-26(23,3)18-6-8-19(28)9-7-18/h6-11,16-17,22-23H,5,12-15H2,1-4H3,(H,30,31)/t17-,22+,23+,26+,27-/m1/s1. The molecule has 0 radical (unpaired) electrons. The molecule has 2 aromatic rings. The van der Waals surface area contributed by atoms with E-state index in [0.29, 0.717) is 12.5 Å². The van der Waals surface area contributed by atoms with Crippen LogP contribution in [0.2, 0.25) is 10.0 Å². The van der Waals surface area contributed by atoms with Gasteiger partial charge in [-0.25, -0.2) is 0 Å². The van der Waals surface area contributed by atoms with Gasteiger partial charge in [-0.15, -0.1) is 0 Å². The molecule has 0 unspecified atom stereocenters. The smallest absolute Gasteiger partial charge is 0.226 e. The highest BCUT2D eigenvalue weighted by Gasteiger charge is 2.53. The maximum atomic E-state index is 12.9. The number of fused-ring (bicyclic) bond motifs is 1. The maximum absolute atomic E-state index is 12.9. The van der Waals surface area contributed by atoms with Gasteiger partial charge in [0, 0.05) is 16.1 Å². The Bertz CT molecular complexity index is 992. The largest absolute Gasteiger partial charge is 0.494 e. The van der Waals surface area contributed by atoms with Crippen molar-refractivity contribution in [2.45, 2.75) is 70.8 Å². The molecule has 1 aliphatic heterocycles. The first kappa shape index (κ1) is 23.4. The maximum Gasteiger partial charge on any atom is 0.226 e. The normalized spacial score (nSPS) is 32.6. The molecule has 5 heteroatoms. The Hall–Kier alpha value is -1.71. The average molecular weight is 474 g/mol. The van der Waals surface area contributed by atoms with E-state index in [0.717, 1.165) is 47.0 Å². The zero-order chi connectivity index (χ0) is 23.1. The number of hydrogen-bond acceptors (Lipinski definition) is 2. The third-order valence-electron chi connectivity index (χ3n) is 8.16. The topological polar surface area (TPSA) is 38.3 Å². The van der Waals surface area contributed by atoms with Crippen molar-refractivity contribution < 1.29 is 9.53 Å². The summed E-state index contributed by atoms with van der Waals surface area (Å²) in [6.07, 6.45) is 3.69.